The Labute approximate surface area is 184 Å². The van der Waals surface area contributed by atoms with Gasteiger partial charge in [0.25, 0.3) is 5.91 Å². The van der Waals surface area contributed by atoms with Crippen molar-refractivity contribution in [2.24, 2.45) is 5.73 Å². The predicted octanol–water partition coefficient (Wildman–Crippen LogP) is 3.84. The fraction of sp³-hybridized carbons (Fsp3) is 0.222. The third kappa shape index (κ3) is 8.40. The monoisotopic (exact) mass is 481 g/mol. The number of methoxy groups -OCH3 is 1. The number of hydrogen-bond donors (Lipinski definition) is 3. The zero-order valence-electron chi connectivity index (χ0n) is 15.7. The second-order valence-electron chi connectivity index (χ2n) is 5.74. The van der Waals surface area contributed by atoms with Crippen LogP contribution in [0.15, 0.2) is 36.7 Å². The summed E-state index contributed by atoms with van der Waals surface area (Å²) in [5.41, 5.74) is 7.36. The van der Waals surface area contributed by atoms with Crippen molar-refractivity contribution in [2.75, 3.05) is 12.4 Å². The fourth-order valence-corrected chi connectivity index (χ4v) is 2.55. The molecule has 13 heteroatoms. The molecular formula is C18H16Cl2F3N3O5. The predicted molar refractivity (Wildman–Crippen MR) is 106 cm³/mol. The van der Waals surface area contributed by atoms with Gasteiger partial charge in [-0.05, 0) is 17.7 Å². The van der Waals surface area contributed by atoms with E-state index >= 15 is 0 Å². The molecule has 1 atom stereocenters. The van der Waals surface area contributed by atoms with Gasteiger partial charge in [-0.2, -0.15) is 13.2 Å². The van der Waals surface area contributed by atoms with Crippen LogP contribution in [-0.2, 0) is 14.3 Å². The molecule has 0 saturated carbocycles. The maximum atomic E-state index is 12.3. The first-order chi connectivity index (χ1) is 14.4. The molecule has 0 spiro atoms. The number of anilines is 1. The van der Waals surface area contributed by atoms with Gasteiger partial charge >= 0.3 is 18.1 Å². The number of aromatic nitrogens is 1. The summed E-state index contributed by atoms with van der Waals surface area (Å²) in [5.74, 6) is -3.59. The first kappa shape index (κ1) is 26.1. The van der Waals surface area contributed by atoms with Crippen molar-refractivity contribution in [3.63, 3.8) is 0 Å². The Bertz CT molecular complexity index is 920. The van der Waals surface area contributed by atoms with E-state index in [1.807, 2.05) is 0 Å². The third-order valence-corrected chi connectivity index (χ3v) is 4.11. The van der Waals surface area contributed by atoms with E-state index in [9.17, 15) is 22.8 Å². The Kier molecular flexibility index (Phi) is 9.69. The molecule has 1 heterocycles. The Hall–Kier alpha value is -2.89. The van der Waals surface area contributed by atoms with Gasteiger partial charge in [0, 0.05) is 24.1 Å². The van der Waals surface area contributed by atoms with E-state index in [0.717, 1.165) is 5.56 Å². The van der Waals surface area contributed by atoms with E-state index in [0.29, 0.717) is 5.69 Å². The number of hydrogen-bond acceptors (Lipinski definition) is 6. The lowest BCUT2D eigenvalue weighted by Gasteiger charge is -2.12. The molecule has 0 aliphatic carbocycles. The van der Waals surface area contributed by atoms with Gasteiger partial charge in [-0.3, -0.25) is 14.6 Å². The number of nitrogens with one attached hydrogen (secondary N) is 1. The molecule has 0 fully saturated rings. The number of nitrogens with two attached hydrogens (primary N) is 1. The minimum Gasteiger partial charge on any atom is -0.475 e. The van der Waals surface area contributed by atoms with Crippen LogP contribution in [-0.4, -0.2) is 41.2 Å². The van der Waals surface area contributed by atoms with Gasteiger partial charge in [0.15, 0.2) is 0 Å². The van der Waals surface area contributed by atoms with Gasteiger partial charge in [-0.1, -0.05) is 35.3 Å². The lowest BCUT2D eigenvalue weighted by Crippen LogP contribution is -2.21. The summed E-state index contributed by atoms with van der Waals surface area (Å²) in [6.45, 7) is 0. The molecule has 0 bridgehead atoms. The molecule has 4 N–H and O–H groups in total. The number of pyridine rings is 1. The number of benzene rings is 1. The second kappa shape index (κ2) is 11.5. The lowest BCUT2D eigenvalue weighted by molar-refractivity contribution is -0.192. The normalized spacial score (nSPS) is 11.6. The summed E-state index contributed by atoms with van der Waals surface area (Å²) >= 11 is 11.9. The molecule has 1 amide bonds. The van der Waals surface area contributed by atoms with Crippen LogP contribution in [0.1, 0.15) is 28.4 Å². The highest BCUT2D eigenvalue weighted by molar-refractivity contribution is 6.40. The zero-order valence-corrected chi connectivity index (χ0v) is 17.3. The molecule has 0 saturated heterocycles. The minimum absolute atomic E-state index is 0.0738. The SMILES string of the molecule is COC(=O)CC(N)c1ccc(NC(=O)c2c(Cl)cncc2Cl)cc1.O=C(O)C(F)(F)F. The van der Waals surface area contributed by atoms with Crippen molar-refractivity contribution in [3.8, 4) is 0 Å². The molecule has 1 aromatic carbocycles. The molecule has 0 aliphatic heterocycles. The smallest absolute Gasteiger partial charge is 0.475 e. The molecule has 2 rings (SSSR count). The van der Waals surface area contributed by atoms with E-state index in [1.54, 1.807) is 24.3 Å². The zero-order chi connectivity index (χ0) is 23.8. The highest BCUT2D eigenvalue weighted by atomic mass is 35.5. The Morgan fingerprint density at radius 3 is 2.06 bits per heavy atom. The third-order valence-electron chi connectivity index (χ3n) is 3.53. The molecule has 31 heavy (non-hydrogen) atoms. The van der Waals surface area contributed by atoms with Crippen molar-refractivity contribution in [2.45, 2.75) is 18.6 Å². The number of carbonyl (C=O) groups excluding carboxylic acids is 2. The highest BCUT2D eigenvalue weighted by Gasteiger charge is 2.38. The number of halogens is 5. The van der Waals surface area contributed by atoms with E-state index in [4.69, 9.17) is 38.8 Å². The highest BCUT2D eigenvalue weighted by Crippen LogP contribution is 2.24. The second-order valence-corrected chi connectivity index (χ2v) is 6.56. The molecule has 1 aromatic heterocycles. The molecule has 0 radical (unpaired) electrons. The number of alkyl halides is 3. The average molecular weight is 482 g/mol. The quantitative estimate of drug-likeness (QED) is 0.552. The van der Waals surface area contributed by atoms with Crippen LogP contribution in [0.4, 0.5) is 18.9 Å². The molecule has 2 aromatic rings. The summed E-state index contributed by atoms with van der Waals surface area (Å²) in [6, 6.07) is 6.31. The maximum Gasteiger partial charge on any atom is 0.490 e. The molecule has 168 valence electrons. The van der Waals surface area contributed by atoms with Crippen molar-refractivity contribution in [3.05, 3.63) is 57.8 Å². The maximum absolute atomic E-state index is 12.3. The van der Waals surface area contributed by atoms with Crippen molar-refractivity contribution in [1.29, 1.82) is 0 Å². The number of aliphatic carboxylic acids is 1. The van der Waals surface area contributed by atoms with Gasteiger partial charge in [0.1, 0.15) is 0 Å². The van der Waals surface area contributed by atoms with Crippen LogP contribution in [0.3, 0.4) is 0 Å². The largest absolute Gasteiger partial charge is 0.490 e. The number of ether oxygens (including phenoxy) is 1. The van der Waals surface area contributed by atoms with Crippen molar-refractivity contribution < 1.29 is 37.4 Å². The molecule has 0 aliphatic rings. The molecule has 1 unspecified atom stereocenters. The first-order valence-corrected chi connectivity index (χ1v) is 8.95. The van der Waals surface area contributed by atoms with Crippen LogP contribution < -0.4 is 11.1 Å². The Morgan fingerprint density at radius 1 is 1.16 bits per heavy atom. The number of carboxylic acid groups (broad SMARTS) is 1. The van der Waals surface area contributed by atoms with Gasteiger partial charge in [-0.25, -0.2) is 4.79 Å². The number of rotatable bonds is 5. The summed E-state index contributed by atoms with van der Waals surface area (Å²) in [5, 5.41) is 10.1. The number of esters is 1. The minimum atomic E-state index is -5.08. The summed E-state index contributed by atoms with van der Waals surface area (Å²) < 4.78 is 36.3. The summed E-state index contributed by atoms with van der Waals surface area (Å²) in [7, 11) is 1.31. The van der Waals surface area contributed by atoms with Gasteiger partial charge in [0.2, 0.25) is 0 Å². The van der Waals surface area contributed by atoms with E-state index < -0.39 is 24.1 Å². The van der Waals surface area contributed by atoms with Crippen molar-refractivity contribution in [1.82, 2.24) is 4.98 Å². The Balaban J connectivity index is 0.000000592. The number of carbonyl (C=O) groups is 3. The van der Waals surface area contributed by atoms with Crippen molar-refractivity contribution >= 4 is 46.7 Å². The van der Waals surface area contributed by atoms with Crippen LogP contribution in [0.5, 0.6) is 0 Å². The molecular weight excluding hydrogens is 466 g/mol. The van der Waals surface area contributed by atoms with Crippen LogP contribution in [0, 0.1) is 0 Å². The Morgan fingerprint density at radius 2 is 1.65 bits per heavy atom. The number of carboxylic acids is 1. The van der Waals surface area contributed by atoms with E-state index in [2.05, 4.69) is 15.0 Å². The van der Waals surface area contributed by atoms with Gasteiger partial charge in [-0.15, -0.1) is 0 Å². The van der Waals surface area contributed by atoms with Gasteiger partial charge < -0.3 is 20.9 Å². The van der Waals surface area contributed by atoms with Crippen LogP contribution in [0.2, 0.25) is 10.0 Å². The summed E-state index contributed by atoms with van der Waals surface area (Å²) in [4.78, 5) is 36.2. The lowest BCUT2D eigenvalue weighted by atomic mass is 10.0. The number of amides is 1. The van der Waals surface area contributed by atoms with Crippen LogP contribution in [0.25, 0.3) is 0 Å². The van der Waals surface area contributed by atoms with E-state index in [-0.39, 0.29) is 28.0 Å². The van der Waals surface area contributed by atoms with Gasteiger partial charge in [0.05, 0.1) is 29.1 Å². The van der Waals surface area contributed by atoms with Crippen LogP contribution >= 0.6 is 23.2 Å². The first-order valence-electron chi connectivity index (χ1n) is 8.19. The summed E-state index contributed by atoms with van der Waals surface area (Å²) in [6.07, 6.45) is -2.32. The molecule has 8 nitrogen and oxygen atoms in total. The topological polar surface area (TPSA) is 132 Å². The number of nitrogens with zero attached hydrogens (tertiary/aromatic N) is 1. The average Bonchev–Trinajstić information content (AvgIpc) is 2.68. The standard InChI is InChI=1S/C16H15Cl2N3O3.C2HF3O2/c1-24-14(22)6-13(19)9-2-4-10(5-3-9)21-16(23)15-11(17)7-20-8-12(15)18;3-2(4,5)1(6)7/h2-5,7-8,13H,6,19H2,1H3,(H,21,23);(H,6,7). The fourth-order valence-electron chi connectivity index (χ4n) is 2.02. The van der Waals surface area contributed by atoms with E-state index in [1.165, 1.54) is 19.5 Å².